The van der Waals surface area contributed by atoms with Gasteiger partial charge in [0.25, 0.3) is 0 Å². The van der Waals surface area contributed by atoms with Crippen molar-refractivity contribution in [3.63, 3.8) is 0 Å². The number of hydrogen-bond donors (Lipinski definition) is 2. The minimum atomic E-state index is -0.0578. The average molecular weight is 283 g/mol. The maximum absolute atomic E-state index is 11.8. The van der Waals surface area contributed by atoms with E-state index in [9.17, 15) is 4.79 Å². The van der Waals surface area contributed by atoms with Gasteiger partial charge in [0.2, 0.25) is 0 Å². The average Bonchev–Trinajstić information content (AvgIpc) is 2.49. The number of urea groups is 1. The summed E-state index contributed by atoms with van der Waals surface area (Å²) in [4.78, 5) is 14.4. The van der Waals surface area contributed by atoms with Gasteiger partial charge in [-0.25, -0.2) is 4.79 Å². The number of amides is 2. The Hall–Kier alpha value is -0.810. The Morgan fingerprint density at radius 1 is 1.20 bits per heavy atom. The molecule has 1 aliphatic heterocycles. The number of carbonyl (C=O) groups is 1. The highest BCUT2D eigenvalue weighted by Crippen LogP contribution is 2.25. The molecule has 0 spiro atoms. The van der Waals surface area contributed by atoms with Crippen molar-refractivity contribution >= 4 is 6.03 Å². The van der Waals surface area contributed by atoms with Crippen molar-refractivity contribution in [1.82, 2.24) is 15.5 Å². The van der Waals surface area contributed by atoms with Gasteiger partial charge in [-0.15, -0.1) is 0 Å². The number of rotatable bonds is 5. The van der Waals surface area contributed by atoms with Gasteiger partial charge in [-0.05, 0) is 32.2 Å². The number of nitrogens with one attached hydrogen (secondary N) is 2. The van der Waals surface area contributed by atoms with Crippen LogP contribution < -0.4 is 10.6 Å². The molecule has 20 heavy (non-hydrogen) atoms. The van der Waals surface area contributed by atoms with Crippen LogP contribution in [0, 0.1) is 0 Å². The van der Waals surface area contributed by atoms with E-state index in [1.165, 1.54) is 45.1 Å². The van der Waals surface area contributed by atoms with Gasteiger partial charge in [0, 0.05) is 32.3 Å². The molecule has 0 aromatic heterocycles. The van der Waals surface area contributed by atoms with Crippen molar-refractivity contribution in [3.05, 3.63) is 0 Å². The molecule has 0 radical (unpaired) electrons. The minimum Gasteiger partial charge on any atom is -0.383 e. The van der Waals surface area contributed by atoms with Gasteiger partial charge in [0.1, 0.15) is 0 Å². The van der Waals surface area contributed by atoms with Crippen molar-refractivity contribution < 1.29 is 9.53 Å². The number of carbonyl (C=O) groups excluding carboxylic acids is 1. The van der Waals surface area contributed by atoms with Gasteiger partial charge in [-0.2, -0.15) is 0 Å². The predicted octanol–water partition coefficient (Wildman–Crippen LogP) is 1.73. The van der Waals surface area contributed by atoms with Gasteiger partial charge in [0.15, 0.2) is 0 Å². The molecule has 2 aliphatic rings. The number of nitrogens with zero attached hydrogens (tertiary/aromatic N) is 1. The molecule has 0 aromatic rings. The lowest BCUT2D eigenvalue weighted by molar-refractivity contribution is 0.112. The van der Waals surface area contributed by atoms with Crippen molar-refractivity contribution in [2.24, 2.45) is 0 Å². The van der Waals surface area contributed by atoms with Crippen LogP contribution in [0.25, 0.3) is 0 Å². The first-order chi connectivity index (χ1) is 9.79. The molecule has 1 heterocycles. The monoisotopic (exact) mass is 283 g/mol. The van der Waals surface area contributed by atoms with Crippen molar-refractivity contribution in [2.45, 2.75) is 57.0 Å². The highest BCUT2D eigenvalue weighted by atomic mass is 16.5. The number of hydrogen-bond acceptors (Lipinski definition) is 3. The van der Waals surface area contributed by atoms with Crippen LogP contribution in [0.3, 0.4) is 0 Å². The molecule has 0 aromatic carbocycles. The van der Waals surface area contributed by atoms with Crippen LogP contribution in [0.5, 0.6) is 0 Å². The van der Waals surface area contributed by atoms with Crippen molar-refractivity contribution in [3.8, 4) is 0 Å². The number of ether oxygens (including phenoxy) is 1. The maximum Gasteiger partial charge on any atom is 0.315 e. The van der Waals surface area contributed by atoms with Gasteiger partial charge in [-0.3, -0.25) is 4.90 Å². The Bertz CT molecular complexity index is 293. The fourth-order valence-electron chi connectivity index (χ4n) is 3.41. The zero-order chi connectivity index (χ0) is 14.2. The largest absolute Gasteiger partial charge is 0.383 e. The predicted molar refractivity (Wildman–Crippen MR) is 79.9 cm³/mol. The van der Waals surface area contributed by atoms with E-state index in [1.807, 2.05) is 0 Å². The van der Waals surface area contributed by atoms with Crippen LogP contribution in [0.15, 0.2) is 0 Å². The Morgan fingerprint density at radius 3 is 2.75 bits per heavy atom. The molecule has 116 valence electrons. The molecule has 1 aliphatic carbocycles. The lowest BCUT2D eigenvalue weighted by atomic mass is 9.92. The highest BCUT2D eigenvalue weighted by molar-refractivity contribution is 5.74. The summed E-state index contributed by atoms with van der Waals surface area (Å²) in [6.45, 7) is 3.35. The summed E-state index contributed by atoms with van der Waals surface area (Å²) in [5.74, 6) is 0. The van der Waals surface area contributed by atoms with Gasteiger partial charge in [-0.1, -0.05) is 19.3 Å². The third-order valence-corrected chi connectivity index (χ3v) is 4.47. The zero-order valence-electron chi connectivity index (χ0n) is 12.7. The Kier molecular flexibility index (Phi) is 6.60. The lowest BCUT2D eigenvalue weighted by Crippen LogP contribution is -2.53. The number of methoxy groups -OCH3 is 1. The second-order valence-electron chi connectivity index (χ2n) is 6.02. The molecule has 2 fully saturated rings. The molecule has 1 atom stereocenters. The van der Waals surface area contributed by atoms with E-state index in [0.717, 1.165) is 19.0 Å². The molecule has 0 bridgehead atoms. The van der Waals surface area contributed by atoms with Gasteiger partial charge >= 0.3 is 6.03 Å². The molecule has 1 saturated heterocycles. The fraction of sp³-hybridized carbons (Fsp3) is 0.933. The summed E-state index contributed by atoms with van der Waals surface area (Å²) in [5.41, 5.74) is 0. The van der Waals surface area contributed by atoms with E-state index in [4.69, 9.17) is 4.74 Å². The van der Waals surface area contributed by atoms with Crippen LogP contribution in [0.2, 0.25) is 0 Å². The first-order valence-corrected chi connectivity index (χ1v) is 8.07. The first-order valence-electron chi connectivity index (χ1n) is 8.07. The van der Waals surface area contributed by atoms with E-state index in [1.54, 1.807) is 7.11 Å². The Morgan fingerprint density at radius 2 is 2.00 bits per heavy atom. The normalized spacial score (nSPS) is 25.4. The summed E-state index contributed by atoms with van der Waals surface area (Å²) in [7, 11) is 1.64. The third kappa shape index (κ3) is 4.94. The zero-order valence-corrected chi connectivity index (χ0v) is 12.7. The second kappa shape index (κ2) is 8.47. The smallest absolute Gasteiger partial charge is 0.315 e. The third-order valence-electron chi connectivity index (χ3n) is 4.47. The first kappa shape index (κ1) is 15.6. The molecule has 1 unspecified atom stereocenters. The molecule has 2 N–H and O–H groups in total. The molecular formula is C15H29N3O2. The molecule has 1 saturated carbocycles. The standard InChI is InChI=1S/C15H29N3O2/c1-20-11-9-16-15(19)17-13-6-5-10-18(12-13)14-7-3-2-4-8-14/h13-14H,2-12H2,1H3,(H2,16,17,19). The van der Waals surface area contributed by atoms with Crippen LogP contribution in [-0.2, 0) is 4.74 Å². The van der Waals surface area contributed by atoms with E-state index in [0.29, 0.717) is 19.2 Å². The highest BCUT2D eigenvalue weighted by Gasteiger charge is 2.27. The van der Waals surface area contributed by atoms with E-state index >= 15 is 0 Å². The summed E-state index contributed by atoms with van der Waals surface area (Å²) < 4.78 is 4.93. The molecular weight excluding hydrogens is 254 g/mol. The van der Waals surface area contributed by atoms with Crippen LogP contribution in [0.4, 0.5) is 4.79 Å². The fourth-order valence-corrected chi connectivity index (χ4v) is 3.41. The van der Waals surface area contributed by atoms with E-state index in [-0.39, 0.29) is 6.03 Å². The second-order valence-corrected chi connectivity index (χ2v) is 6.02. The minimum absolute atomic E-state index is 0.0578. The Labute approximate surface area is 122 Å². The Balaban J connectivity index is 1.71. The van der Waals surface area contributed by atoms with E-state index < -0.39 is 0 Å². The maximum atomic E-state index is 11.8. The van der Waals surface area contributed by atoms with Crippen LogP contribution in [0.1, 0.15) is 44.9 Å². The quantitative estimate of drug-likeness (QED) is 0.756. The SMILES string of the molecule is COCCNC(=O)NC1CCCN(C2CCCCC2)C1. The molecule has 2 amide bonds. The van der Waals surface area contributed by atoms with Gasteiger partial charge in [0.05, 0.1) is 6.61 Å². The topological polar surface area (TPSA) is 53.6 Å². The van der Waals surface area contributed by atoms with E-state index in [2.05, 4.69) is 15.5 Å². The number of likely N-dealkylation sites (tertiary alicyclic amines) is 1. The van der Waals surface area contributed by atoms with Crippen molar-refractivity contribution in [1.29, 1.82) is 0 Å². The number of piperidine rings is 1. The molecule has 5 heteroatoms. The summed E-state index contributed by atoms with van der Waals surface area (Å²) in [6, 6.07) is 0.996. The molecule has 2 rings (SSSR count). The van der Waals surface area contributed by atoms with Crippen LogP contribution in [-0.4, -0.2) is 56.4 Å². The lowest BCUT2D eigenvalue weighted by Gasteiger charge is -2.40. The summed E-state index contributed by atoms with van der Waals surface area (Å²) in [6.07, 6.45) is 9.11. The van der Waals surface area contributed by atoms with Gasteiger partial charge < -0.3 is 15.4 Å². The van der Waals surface area contributed by atoms with Crippen molar-refractivity contribution in [2.75, 3.05) is 33.4 Å². The van der Waals surface area contributed by atoms with Crippen LogP contribution >= 0.6 is 0 Å². The summed E-state index contributed by atoms with van der Waals surface area (Å²) in [5, 5.41) is 5.93. The molecule has 5 nitrogen and oxygen atoms in total. The summed E-state index contributed by atoms with van der Waals surface area (Å²) >= 11 is 0.